The van der Waals surface area contributed by atoms with Crippen LogP contribution in [0.25, 0.3) is 0 Å². The van der Waals surface area contributed by atoms with Crippen LogP contribution < -0.4 is 9.47 Å². The fourth-order valence-electron chi connectivity index (χ4n) is 3.03. The summed E-state index contributed by atoms with van der Waals surface area (Å²) in [6.07, 6.45) is 5.86. The number of pyridine rings is 1. The van der Waals surface area contributed by atoms with E-state index in [2.05, 4.69) is 66.0 Å². The number of para-hydroxylation sites is 1. The molecule has 0 saturated carbocycles. The Balaban J connectivity index is 2.16. The normalized spacial score (nSPS) is 14.9. The smallest absolute Gasteiger partial charge is 0.237 e. The minimum Gasteiger partial charge on any atom is -0.237 e. The number of aryl methyl sites for hydroxylation is 3. The molecule has 0 amide bonds. The average molecular weight is 253 g/mol. The van der Waals surface area contributed by atoms with E-state index in [0.717, 1.165) is 6.54 Å². The second-order valence-electron chi connectivity index (χ2n) is 5.36. The van der Waals surface area contributed by atoms with Crippen molar-refractivity contribution in [3.8, 4) is 0 Å². The maximum Gasteiger partial charge on any atom is 0.281 e. The Hall–Kier alpha value is -1.83. The summed E-state index contributed by atoms with van der Waals surface area (Å²) < 4.78 is 2.21. The zero-order valence-corrected chi connectivity index (χ0v) is 11.8. The molecule has 2 heteroatoms. The van der Waals surface area contributed by atoms with Gasteiger partial charge in [-0.05, 0) is 43.4 Å². The van der Waals surface area contributed by atoms with Gasteiger partial charge in [-0.15, -0.1) is 0 Å². The first-order valence-corrected chi connectivity index (χ1v) is 7.08. The lowest BCUT2D eigenvalue weighted by atomic mass is 10.0. The van der Waals surface area contributed by atoms with E-state index in [1.807, 2.05) is 0 Å². The summed E-state index contributed by atoms with van der Waals surface area (Å²) in [5, 5.41) is 0. The van der Waals surface area contributed by atoms with E-state index in [0.29, 0.717) is 0 Å². The molecule has 3 rings (SSSR count). The SMILES string of the molecule is Cc1cccc2c1N(c1cccc[n+]1C)CCCC2. The van der Waals surface area contributed by atoms with Crippen molar-refractivity contribution in [2.45, 2.75) is 26.2 Å². The second kappa shape index (κ2) is 5.04. The molecule has 2 aromatic rings. The molecule has 0 saturated heterocycles. The van der Waals surface area contributed by atoms with Gasteiger partial charge in [-0.2, -0.15) is 0 Å². The van der Waals surface area contributed by atoms with Crippen LogP contribution in [0, 0.1) is 6.92 Å². The number of fused-ring (bicyclic) bond motifs is 1. The molecule has 0 N–H and O–H groups in total. The Kier molecular flexibility index (Phi) is 3.24. The molecule has 1 aliphatic heterocycles. The summed E-state index contributed by atoms with van der Waals surface area (Å²) in [5.74, 6) is 1.28. The molecule has 1 aromatic carbocycles. The van der Waals surface area contributed by atoms with E-state index in [1.165, 1.54) is 41.9 Å². The first-order chi connectivity index (χ1) is 9.27. The molecule has 19 heavy (non-hydrogen) atoms. The number of anilines is 2. The third-order valence-electron chi connectivity index (χ3n) is 3.97. The van der Waals surface area contributed by atoms with E-state index in [-0.39, 0.29) is 0 Å². The van der Waals surface area contributed by atoms with E-state index in [1.54, 1.807) is 0 Å². The van der Waals surface area contributed by atoms with Gasteiger partial charge in [-0.1, -0.05) is 24.3 Å². The van der Waals surface area contributed by atoms with E-state index < -0.39 is 0 Å². The lowest BCUT2D eigenvalue weighted by Crippen LogP contribution is -2.37. The minimum absolute atomic E-state index is 1.11. The summed E-state index contributed by atoms with van der Waals surface area (Å²) in [7, 11) is 2.12. The standard InChI is InChI=1S/C17H21N2/c1-14-8-7-10-15-9-3-6-13-19(17(14)15)16-11-4-5-12-18(16)2/h4-5,7-8,10-12H,3,6,9,13H2,1-2H3/q+1. The largest absolute Gasteiger partial charge is 0.281 e. The van der Waals surface area contributed by atoms with Gasteiger partial charge < -0.3 is 0 Å². The van der Waals surface area contributed by atoms with Gasteiger partial charge in [0.05, 0.1) is 19.8 Å². The third kappa shape index (κ3) is 2.23. The van der Waals surface area contributed by atoms with Gasteiger partial charge in [0, 0.05) is 6.07 Å². The van der Waals surface area contributed by atoms with Crippen LogP contribution in [-0.4, -0.2) is 6.54 Å². The van der Waals surface area contributed by atoms with E-state index in [9.17, 15) is 0 Å². The monoisotopic (exact) mass is 253 g/mol. The van der Waals surface area contributed by atoms with Gasteiger partial charge in [0.1, 0.15) is 5.69 Å². The number of rotatable bonds is 1. The zero-order chi connectivity index (χ0) is 13.2. The highest BCUT2D eigenvalue weighted by Crippen LogP contribution is 2.33. The lowest BCUT2D eigenvalue weighted by Gasteiger charge is -2.20. The van der Waals surface area contributed by atoms with Gasteiger partial charge in [0.2, 0.25) is 0 Å². The van der Waals surface area contributed by atoms with Crippen LogP contribution in [0.5, 0.6) is 0 Å². The van der Waals surface area contributed by atoms with Gasteiger partial charge >= 0.3 is 0 Å². The molecule has 2 heterocycles. The van der Waals surface area contributed by atoms with Crippen molar-refractivity contribution in [3.63, 3.8) is 0 Å². The maximum atomic E-state index is 2.48. The lowest BCUT2D eigenvalue weighted by molar-refractivity contribution is -0.658. The van der Waals surface area contributed by atoms with Crippen LogP contribution in [0.4, 0.5) is 11.5 Å². The molecule has 98 valence electrons. The van der Waals surface area contributed by atoms with Gasteiger partial charge in [-0.25, -0.2) is 9.47 Å². The fourth-order valence-corrected chi connectivity index (χ4v) is 3.03. The summed E-state index contributed by atoms with van der Waals surface area (Å²) >= 11 is 0. The molecule has 0 aliphatic carbocycles. The van der Waals surface area contributed by atoms with Crippen molar-refractivity contribution in [3.05, 3.63) is 53.7 Å². The average Bonchev–Trinajstić information content (AvgIpc) is 2.63. The highest BCUT2D eigenvalue weighted by Gasteiger charge is 2.26. The van der Waals surface area contributed by atoms with Crippen LogP contribution in [0.15, 0.2) is 42.6 Å². The van der Waals surface area contributed by atoms with Gasteiger partial charge in [-0.3, -0.25) is 0 Å². The molecule has 0 fully saturated rings. The third-order valence-corrected chi connectivity index (χ3v) is 3.97. The first-order valence-electron chi connectivity index (χ1n) is 7.08. The Morgan fingerprint density at radius 3 is 2.79 bits per heavy atom. The molecule has 2 nitrogen and oxygen atoms in total. The van der Waals surface area contributed by atoms with Crippen molar-refractivity contribution in [2.75, 3.05) is 11.4 Å². The van der Waals surface area contributed by atoms with Crippen LogP contribution in [0.3, 0.4) is 0 Å². The van der Waals surface area contributed by atoms with Crippen LogP contribution in [0.2, 0.25) is 0 Å². The number of aromatic nitrogens is 1. The molecule has 0 radical (unpaired) electrons. The van der Waals surface area contributed by atoms with Crippen molar-refractivity contribution in [1.29, 1.82) is 0 Å². The van der Waals surface area contributed by atoms with Crippen LogP contribution in [0.1, 0.15) is 24.0 Å². The molecule has 0 bridgehead atoms. The molecule has 0 atom stereocenters. The fraction of sp³-hybridized carbons (Fsp3) is 0.353. The number of hydrogen-bond donors (Lipinski definition) is 0. The van der Waals surface area contributed by atoms with Crippen molar-refractivity contribution >= 4 is 11.5 Å². The predicted octanol–water partition coefficient (Wildman–Crippen LogP) is 3.29. The molecular formula is C17H21N2+. The number of benzene rings is 1. The Labute approximate surface area is 115 Å². The van der Waals surface area contributed by atoms with Gasteiger partial charge in [0.15, 0.2) is 0 Å². The minimum atomic E-state index is 1.11. The Morgan fingerprint density at radius 1 is 1.05 bits per heavy atom. The van der Waals surface area contributed by atoms with Crippen LogP contribution >= 0.6 is 0 Å². The second-order valence-corrected chi connectivity index (χ2v) is 5.36. The highest BCUT2D eigenvalue weighted by molar-refractivity contribution is 5.67. The van der Waals surface area contributed by atoms with Crippen molar-refractivity contribution in [1.82, 2.24) is 0 Å². The van der Waals surface area contributed by atoms with Crippen molar-refractivity contribution < 1.29 is 4.57 Å². The molecular weight excluding hydrogens is 232 g/mol. The molecule has 1 aliphatic rings. The predicted molar refractivity (Wildman–Crippen MR) is 78.7 cm³/mol. The Bertz CT molecular complexity index is 590. The van der Waals surface area contributed by atoms with Crippen molar-refractivity contribution in [2.24, 2.45) is 7.05 Å². The molecule has 0 spiro atoms. The molecule has 1 aromatic heterocycles. The molecule has 0 unspecified atom stereocenters. The Morgan fingerprint density at radius 2 is 1.95 bits per heavy atom. The number of nitrogens with zero attached hydrogens (tertiary/aromatic N) is 2. The number of hydrogen-bond acceptors (Lipinski definition) is 1. The maximum absolute atomic E-state index is 2.48. The summed E-state index contributed by atoms with van der Waals surface area (Å²) in [6.45, 7) is 3.33. The first kappa shape index (κ1) is 12.2. The zero-order valence-electron chi connectivity index (χ0n) is 11.8. The summed E-state index contributed by atoms with van der Waals surface area (Å²) in [5.41, 5.74) is 4.28. The highest BCUT2D eigenvalue weighted by atomic mass is 15.2. The summed E-state index contributed by atoms with van der Waals surface area (Å²) in [6, 6.07) is 13.1. The summed E-state index contributed by atoms with van der Waals surface area (Å²) in [4.78, 5) is 2.48. The quantitative estimate of drug-likeness (QED) is 0.707. The van der Waals surface area contributed by atoms with Crippen LogP contribution in [-0.2, 0) is 13.5 Å². The van der Waals surface area contributed by atoms with Gasteiger partial charge in [0.25, 0.3) is 5.82 Å². The van der Waals surface area contributed by atoms with E-state index in [4.69, 9.17) is 0 Å². The van der Waals surface area contributed by atoms with E-state index >= 15 is 0 Å². The topological polar surface area (TPSA) is 7.12 Å².